The highest BCUT2D eigenvalue weighted by molar-refractivity contribution is 6.99. The van der Waals surface area contributed by atoms with Gasteiger partial charge in [0.2, 0.25) is 0 Å². The molecule has 196 valence electrons. The Bertz CT molecular complexity index is 1170. The number of nitrogens with zero attached hydrogens (tertiary/aromatic N) is 1. The molecule has 0 unspecified atom stereocenters. The number of benzene rings is 4. The largest absolute Gasteiger partial charge is 0.406 e. The molecule has 4 heteroatoms. The first-order valence-corrected chi connectivity index (χ1v) is 15.6. The van der Waals surface area contributed by atoms with Crippen molar-refractivity contribution >= 4 is 18.7 Å². The number of rotatable bonds is 11. The minimum Gasteiger partial charge on any atom is -0.406 e. The number of epoxide rings is 1. The molecule has 2 atom stereocenters. The summed E-state index contributed by atoms with van der Waals surface area (Å²) in [4.78, 5) is 2.56. The molecule has 1 aliphatic heterocycles. The van der Waals surface area contributed by atoms with Crippen LogP contribution in [-0.4, -0.2) is 38.6 Å². The summed E-state index contributed by atoms with van der Waals surface area (Å²) in [6.45, 7) is 10.1. The van der Waals surface area contributed by atoms with Crippen molar-refractivity contribution in [2.45, 2.75) is 51.0 Å². The molecule has 4 aromatic carbocycles. The van der Waals surface area contributed by atoms with Crippen LogP contribution in [0, 0.1) is 0 Å². The van der Waals surface area contributed by atoms with E-state index in [1.807, 2.05) is 0 Å². The van der Waals surface area contributed by atoms with Crippen LogP contribution < -0.4 is 10.4 Å². The predicted molar refractivity (Wildman–Crippen MR) is 159 cm³/mol. The third kappa shape index (κ3) is 6.00. The molecule has 38 heavy (non-hydrogen) atoms. The second kappa shape index (κ2) is 11.8. The van der Waals surface area contributed by atoms with E-state index in [4.69, 9.17) is 9.16 Å². The Labute approximate surface area is 229 Å². The van der Waals surface area contributed by atoms with Crippen LogP contribution in [0.5, 0.6) is 0 Å². The average molecular weight is 522 g/mol. The molecule has 0 spiro atoms. The average Bonchev–Trinajstić information content (AvgIpc) is 3.78. The molecule has 1 heterocycles. The molecule has 1 aliphatic rings. The summed E-state index contributed by atoms with van der Waals surface area (Å²) in [5, 5.41) is 2.56. The Hall–Kier alpha value is -3.02. The molecule has 0 saturated carbocycles. The Kier molecular flexibility index (Phi) is 8.25. The smallest absolute Gasteiger partial charge is 0.261 e. The first-order valence-electron chi connectivity index (χ1n) is 13.7. The highest BCUT2D eigenvalue weighted by Gasteiger charge is 2.51. The van der Waals surface area contributed by atoms with E-state index in [0.717, 1.165) is 19.7 Å². The van der Waals surface area contributed by atoms with Crippen molar-refractivity contribution in [3.63, 3.8) is 0 Å². The molecule has 0 aromatic heterocycles. The molecule has 1 saturated heterocycles. The van der Waals surface area contributed by atoms with Gasteiger partial charge in [-0.3, -0.25) is 4.90 Å². The van der Waals surface area contributed by atoms with E-state index in [-0.39, 0.29) is 17.2 Å². The summed E-state index contributed by atoms with van der Waals surface area (Å²) in [5.74, 6) is 0. The quantitative estimate of drug-likeness (QED) is 0.178. The summed E-state index contributed by atoms with van der Waals surface area (Å²) in [5.41, 5.74) is 2.61. The molecule has 4 aromatic rings. The Balaban J connectivity index is 1.51. The van der Waals surface area contributed by atoms with E-state index in [0.29, 0.717) is 6.61 Å². The minimum absolute atomic E-state index is 0.0612. The predicted octanol–water partition coefficient (Wildman–Crippen LogP) is 6.03. The van der Waals surface area contributed by atoms with Gasteiger partial charge in [-0.2, -0.15) is 0 Å². The lowest BCUT2D eigenvalue weighted by Gasteiger charge is -2.44. The van der Waals surface area contributed by atoms with Crippen LogP contribution in [0.2, 0.25) is 5.04 Å². The highest BCUT2D eigenvalue weighted by atomic mass is 28.4. The van der Waals surface area contributed by atoms with Gasteiger partial charge in [0.05, 0.1) is 25.4 Å². The summed E-state index contributed by atoms with van der Waals surface area (Å²) < 4.78 is 13.4. The maximum absolute atomic E-state index is 7.40. The molecule has 0 amide bonds. The van der Waals surface area contributed by atoms with Gasteiger partial charge in [0.25, 0.3) is 8.32 Å². The Morgan fingerprint density at radius 1 is 0.711 bits per heavy atom. The van der Waals surface area contributed by atoms with Gasteiger partial charge in [-0.1, -0.05) is 142 Å². The molecule has 0 radical (unpaired) electrons. The van der Waals surface area contributed by atoms with E-state index in [9.17, 15) is 0 Å². The fourth-order valence-electron chi connectivity index (χ4n) is 5.62. The van der Waals surface area contributed by atoms with Gasteiger partial charge in [0.15, 0.2) is 0 Å². The topological polar surface area (TPSA) is 25.0 Å². The second-order valence-corrected chi connectivity index (χ2v) is 15.6. The maximum Gasteiger partial charge on any atom is 0.261 e. The number of hydrogen-bond donors (Lipinski definition) is 0. The van der Waals surface area contributed by atoms with E-state index in [2.05, 4.69) is 147 Å². The molecule has 5 rings (SSSR count). The zero-order valence-corrected chi connectivity index (χ0v) is 23.8. The first-order chi connectivity index (χ1) is 18.5. The van der Waals surface area contributed by atoms with Crippen LogP contribution in [0.3, 0.4) is 0 Å². The van der Waals surface area contributed by atoms with Gasteiger partial charge in [-0.05, 0) is 26.5 Å². The minimum atomic E-state index is -2.64. The van der Waals surface area contributed by atoms with Crippen molar-refractivity contribution in [2.24, 2.45) is 0 Å². The van der Waals surface area contributed by atoms with Crippen LogP contribution in [0.15, 0.2) is 121 Å². The van der Waals surface area contributed by atoms with Crippen LogP contribution in [0.4, 0.5) is 0 Å². The third-order valence-corrected chi connectivity index (χ3v) is 12.6. The molecule has 0 bridgehead atoms. The molecule has 0 N–H and O–H groups in total. The van der Waals surface area contributed by atoms with Crippen LogP contribution in [-0.2, 0) is 22.3 Å². The fraction of sp³-hybridized carbons (Fsp3) is 0.294. The third-order valence-electron chi connectivity index (χ3n) is 7.60. The SMILES string of the molecule is CC(C)(C)[Si](OC[C@@H]([C@H]1CO1)N(Cc1ccccc1)Cc1ccccc1)(c1ccccc1)c1ccccc1. The standard InChI is InChI=1S/C34H39NO2Si/c1-34(2,3)38(30-20-12-6-13-21-30,31-22-14-7-15-23-31)37-26-32(33-27-36-33)35(24-28-16-8-4-9-17-28)25-29-18-10-5-11-19-29/h4-23,32-33H,24-27H2,1-3H3/t32-,33+/m0/s1. The number of ether oxygens (including phenoxy) is 1. The van der Waals surface area contributed by atoms with Crippen molar-refractivity contribution in [2.75, 3.05) is 13.2 Å². The zero-order chi connectivity index (χ0) is 26.4. The Morgan fingerprint density at radius 3 is 1.47 bits per heavy atom. The Morgan fingerprint density at radius 2 is 1.11 bits per heavy atom. The van der Waals surface area contributed by atoms with Gasteiger partial charge in [0.1, 0.15) is 0 Å². The lowest BCUT2D eigenvalue weighted by atomic mass is 10.1. The summed E-state index contributed by atoms with van der Waals surface area (Å²) >= 11 is 0. The van der Waals surface area contributed by atoms with Crippen molar-refractivity contribution in [3.05, 3.63) is 132 Å². The molecular weight excluding hydrogens is 482 g/mol. The fourth-order valence-corrected chi connectivity index (χ4v) is 10.2. The molecule has 0 aliphatic carbocycles. The van der Waals surface area contributed by atoms with Gasteiger partial charge >= 0.3 is 0 Å². The lowest BCUT2D eigenvalue weighted by Crippen LogP contribution is -2.67. The highest BCUT2D eigenvalue weighted by Crippen LogP contribution is 2.37. The molecule has 1 fully saturated rings. The monoisotopic (exact) mass is 521 g/mol. The van der Waals surface area contributed by atoms with Gasteiger partial charge in [-0.15, -0.1) is 0 Å². The summed E-state index contributed by atoms with van der Waals surface area (Å²) in [6, 6.07) is 43.5. The van der Waals surface area contributed by atoms with Crippen molar-refractivity contribution in [3.8, 4) is 0 Å². The second-order valence-electron chi connectivity index (χ2n) is 11.3. The summed E-state index contributed by atoms with van der Waals surface area (Å²) in [7, 11) is -2.64. The zero-order valence-electron chi connectivity index (χ0n) is 22.8. The van der Waals surface area contributed by atoms with Gasteiger partial charge in [0, 0.05) is 13.1 Å². The normalized spacial score (nSPS) is 16.4. The van der Waals surface area contributed by atoms with E-state index in [1.165, 1.54) is 21.5 Å². The van der Waals surface area contributed by atoms with Crippen LogP contribution >= 0.6 is 0 Å². The van der Waals surface area contributed by atoms with Crippen LogP contribution in [0.25, 0.3) is 0 Å². The maximum atomic E-state index is 7.40. The van der Waals surface area contributed by atoms with E-state index < -0.39 is 8.32 Å². The van der Waals surface area contributed by atoms with Crippen molar-refractivity contribution < 1.29 is 9.16 Å². The van der Waals surface area contributed by atoms with Gasteiger partial charge in [-0.25, -0.2) is 0 Å². The van der Waals surface area contributed by atoms with Crippen LogP contribution in [0.1, 0.15) is 31.9 Å². The van der Waals surface area contributed by atoms with Gasteiger partial charge < -0.3 is 9.16 Å². The van der Waals surface area contributed by atoms with E-state index in [1.54, 1.807) is 0 Å². The lowest BCUT2D eigenvalue weighted by molar-refractivity contribution is 0.0927. The molecular formula is C34H39NO2Si. The number of hydrogen-bond acceptors (Lipinski definition) is 3. The van der Waals surface area contributed by atoms with E-state index >= 15 is 0 Å². The van der Waals surface area contributed by atoms with Crippen molar-refractivity contribution in [1.29, 1.82) is 0 Å². The summed E-state index contributed by atoms with van der Waals surface area (Å²) in [6.07, 6.45) is 0.181. The van der Waals surface area contributed by atoms with Crippen molar-refractivity contribution in [1.82, 2.24) is 4.90 Å². The first kappa shape index (κ1) is 26.6. The molecule has 3 nitrogen and oxygen atoms in total.